The summed E-state index contributed by atoms with van der Waals surface area (Å²) in [5.74, 6) is -2.59. The van der Waals surface area contributed by atoms with Crippen molar-refractivity contribution in [2.45, 2.75) is 0 Å². The first-order chi connectivity index (χ1) is 10.2. The van der Waals surface area contributed by atoms with Crippen molar-refractivity contribution in [3.8, 4) is 23.0 Å². The summed E-state index contributed by atoms with van der Waals surface area (Å²) in [6, 6.07) is 7.56. The van der Waals surface area contributed by atoms with Gasteiger partial charge in [0, 0.05) is 6.07 Å². The zero-order chi connectivity index (χ0) is 16.9. The molecule has 2 amide bonds. The van der Waals surface area contributed by atoms with E-state index in [0.717, 1.165) is 6.07 Å². The van der Waals surface area contributed by atoms with Gasteiger partial charge in [-0.05, 0) is 24.3 Å². The zero-order valence-corrected chi connectivity index (χ0v) is 11.2. The van der Waals surface area contributed by atoms with Crippen LogP contribution in [-0.2, 0) is 0 Å². The van der Waals surface area contributed by atoms with Crippen molar-refractivity contribution in [3.63, 3.8) is 0 Å². The summed E-state index contributed by atoms with van der Waals surface area (Å²) in [6.07, 6.45) is 0. The highest BCUT2D eigenvalue weighted by atomic mass is 16.3. The summed E-state index contributed by atoms with van der Waals surface area (Å²) in [6.45, 7) is 0. The summed E-state index contributed by atoms with van der Waals surface area (Å²) in [5.41, 5.74) is 9.50. The fourth-order valence-corrected chi connectivity index (χ4v) is 1.51. The molecule has 0 saturated heterocycles. The van der Waals surface area contributed by atoms with E-state index >= 15 is 0 Å². The standard InChI is InChI=1S/2C7H7NO3/c8-7(11)5-2-1-4(9)3-6(5)10;8-7(11)6-4(9)2-1-3-5(6)10/h2*1-3,9-10H,(H2,8,11). The topological polar surface area (TPSA) is 167 Å². The van der Waals surface area contributed by atoms with Crippen molar-refractivity contribution in [3.05, 3.63) is 47.5 Å². The number of amides is 2. The highest BCUT2D eigenvalue weighted by Crippen LogP contribution is 2.25. The number of rotatable bonds is 2. The van der Waals surface area contributed by atoms with Crippen molar-refractivity contribution in [1.82, 2.24) is 0 Å². The lowest BCUT2D eigenvalue weighted by molar-refractivity contribution is 0.0987. The van der Waals surface area contributed by atoms with Gasteiger partial charge in [0.05, 0.1) is 5.56 Å². The fraction of sp³-hybridized carbons (Fsp3) is 0. The summed E-state index contributed by atoms with van der Waals surface area (Å²) in [7, 11) is 0. The van der Waals surface area contributed by atoms with E-state index in [2.05, 4.69) is 0 Å². The van der Waals surface area contributed by atoms with Gasteiger partial charge in [0.1, 0.15) is 28.6 Å². The van der Waals surface area contributed by atoms with Crippen molar-refractivity contribution in [2.75, 3.05) is 0 Å². The molecule has 2 aromatic carbocycles. The number of hydrogen-bond acceptors (Lipinski definition) is 6. The van der Waals surface area contributed by atoms with E-state index in [1.165, 1.54) is 30.3 Å². The Morgan fingerprint density at radius 3 is 1.68 bits per heavy atom. The van der Waals surface area contributed by atoms with Crippen LogP contribution in [0.1, 0.15) is 20.7 Å². The minimum atomic E-state index is -0.847. The SMILES string of the molecule is NC(=O)c1c(O)cccc1O.NC(=O)c1ccc(O)cc1O. The van der Waals surface area contributed by atoms with Crippen LogP contribution >= 0.6 is 0 Å². The van der Waals surface area contributed by atoms with Gasteiger partial charge in [0.2, 0.25) is 0 Å². The van der Waals surface area contributed by atoms with Crippen molar-refractivity contribution >= 4 is 11.8 Å². The van der Waals surface area contributed by atoms with Crippen LogP contribution in [0.3, 0.4) is 0 Å². The Hall–Kier alpha value is -3.42. The lowest BCUT2D eigenvalue weighted by atomic mass is 10.2. The first kappa shape index (κ1) is 16.6. The highest BCUT2D eigenvalue weighted by molar-refractivity contribution is 5.98. The Kier molecular flexibility index (Phi) is 5.17. The smallest absolute Gasteiger partial charge is 0.256 e. The number of carbonyl (C=O) groups excluding carboxylic acids is 2. The molecule has 0 aliphatic heterocycles. The average molecular weight is 306 g/mol. The molecule has 0 spiro atoms. The predicted octanol–water partition coefficient (Wildman–Crippen LogP) is 0.393. The summed E-state index contributed by atoms with van der Waals surface area (Å²) >= 11 is 0. The molecule has 2 rings (SSSR count). The van der Waals surface area contributed by atoms with E-state index in [1.54, 1.807) is 0 Å². The van der Waals surface area contributed by atoms with Gasteiger partial charge in [-0.3, -0.25) is 9.59 Å². The molecule has 8 nitrogen and oxygen atoms in total. The minimum Gasteiger partial charge on any atom is -0.508 e. The van der Waals surface area contributed by atoms with Gasteiger partial charge >= 0.3 is 0 Å². The Balaban J connectivity index is 0.000000220. The Labute approximate surface area is 124 Å². The number of primary amides is 2. The maximum absolute atomic E-state index is 10.5. The third kappa shape index (κ3) is 4.04. The third-order valence-electron chi connectivity index (χ3n) is 2.51. The van der Waals surface area contributed by atoms with Gasteiger partial charge in [0.25, 0.3) is 11.8 Å². The maximum atomic E-state index is 10.5. The van der Waals surface area contributed by atoms with Crippen LogP contribution in [-0.4, -0.2) is 32.2 Å². The molecule has 0 fully saturated rings. The number of aromatic hydroxyl groups is 4. The Bertz CT molecular complexity index is 694. The molecule has 0 saturated carbocycles. The molecule has 0 unspecified atom stereocenters. The molecule has 116 valence electrons. The van der Waals surface area contributed by atoms with Crippen molar-refractivity contribution in [1.29, 1.82) is 0 Å². The minimum absolute atomic E-state index is 0.00259. The van der Waals surface area contributed by atoms with Gasteiger partial charge < -0.3 is 31.9 Å². The van der Waals surface area contributed by atoms with E-state index in [1.807, 2.05) is 0 Å². The average Bonchev–Trinajstić information content (AvgIpc) is 2.38. The molecule has 22 heavy (non-hydrogen) atoms. The van der Waals surface area contributed by atoms with Crippen LogP contribution in [0.4, 0.5) is 0 Å². The van der Waals surface area contributed by atoms with Gasteiger partial charge in [0.15, 0.2) is 0 Å². The Morgan fingerprint density at radius 2 is 1.32 bits per heavy atom. The van der Waals surface area contributed by atoms with E-state index in [0.29, 0.717) is 0 Å². The third-order valence-corrected chi connectivity index (χ3v) is 2.51. The number of phenolic OH excluding ortho intramolecular Hbond substituents is 1. The summed E-state index contributed by atoms with van der Waals surface area (Å²) in [4.78, 5) is 21.1. The Morgan fingerprint density at radius 1 is 0.773 bits per heavy atom. The number of benzene rings is 2. The largest absolute Gasteiger partial charge is 0.508 e. The van der Waals surface area contributed by atoms with Gasteiger partial charge in [-0.2, -0.15) is 0 Å². The van der Waals surface area contributed by atoms with Crippen molar-refractivity contribution < 1.29 is 30.0 Å². The van der Waals surface area contributed by atoms with Gasteiger partial charge in [-0.25, -0.2) is 0 Å². The summed E-state index contributed by atoms with van der Waals surface area (Å²) < 4.78 is 0. The number of phenols is 4. The maximum Gasteiger partial charge on any atom is 0.256 e. The summed E-state index contributed by atoms with van der Waals surface area (Å²) in [5, 5.41) is 35.8. The van der Waals surface area contributed by atoms with E-state index in [-0.39, 0.29) is 34.1 Å². The molecule has 0 aliphatic rings. The lowest BCUT2D eigenvalue weighted by Crippen LogP contribution is -2.11. The predicted molar refractivity (Wildman–Crippen MR) is 76.6 cm³/mol. The molecule has 0 aromatic heterocycles. The molecule has 0 radical (unpaired) electrons. The van der Waals surface area contributed by atoms with Crippen molar-refractivity contribution in [2.24, 2.45) is 11.5 Å². The first-order valence-corrected chi connectivity index (χ1v) is 5.86. The highest BCUT2D eigenvalue weighted by Gasteiger charge is 2.11. The lowest BCUT2D eigenvalue weighted by Gasteiger charge is -2.00. The fourth-order valence-electron chi connectivity index (χ4n) is 1.51. The van der Waals surface area contributed by atoms with Crippen LogP contribution in [0.25, 0.3) is 0 Å². The van der Waals surface area contributed by atoms with Gasteiger partial charge in [-0.15, -0.1) is 0 Å². The second kappa shape index (κ2) is 6.84. The quantitative estimate of drug-likeness (QED) is 0.469. The van der Waals surface area contributed by atoms with Crippen LogP contribution in [0, 0.1) is 0 Å². The zero-order valence-electron chi connectivity index (χ0n) is 11.2. The molecule has 8 N–H and O–H groups in total. The van der Waals surface area contributed by atoms with Gasteiger partial charge in [-0.1, -0.05) is 6.07 Å². The van der Waals surface area contributed by atoms with Crippen LogP contribution < -0.4 is 11.5 Å². The molecule has 8 heteroatoms. The molecular weight excluding hydrogens is 292 g/mol. The molecular formula is C14H14N2O6. The molecule has 2 aromatic rings. The monoisotopic (exact) mass is 306 g/mol. The first-order valence-electron chi connectivity index (χ1n) is 5.86. The normalized spacial score (nSPS) is 9.45. The van der Waals surface area contributed by atoms with Crippen LogP contribution in [0.5, 0.6) is 23.0 Å². The number of carbonyl (C=O) groups is 2. The van der Waals surface area contributed by atoms with Crippen LogP contribution in [0.2, 0.25) is 0 Å². The van der Waals surface area contributed by atoms with E-state index in [4.69, 9.17) is 31.9 Å². The molecule has 0 heterocycles. The van der Waals surface area contributed by atoms with E-state index in [9.17, 15) is 9.59 Å². The second-order valence-corrected chi connectivity index (χ2v) is 4.10. The van der Waals surface area contributed by atoms with Crippen LogP contribution in [0.15, 0.2) is 36.4 Å². The number of nitrogens with two attached hydrogens (primary N) is 2. The van der Waals surface area contributed by atoms with E-state index < -0.39 is 11.8 Å². The molecule has 0 bridgehead atoms. The molecule has 0 atom stereocenters. The second-order valence-electron chi connectivity index (χ2n) is 4.10. The number of hydrogen-bond donors (Lipinski definition) is 6. The molecule has 0 aliphatic carbocycles.